The molecule has 0 saturated carbocycles. The van der Waals surface area contributed by atoms with Gasteiger partial charge < -0.3 is 15.4 Å². The van der Waals surface area contributed by atoms with Gasteiger partial charge in [-0.3, -0.25) is 9.59 Å². The number of carbonyl (C=O) groups excluding carboxylic acids is 3. The lowest BCUT2D eigenvalue weighted by atomic mass is 9.96. The third-order valence-corrected chi connectivity index (χ3v) is 4.68. The summed E-state index contributed by atoms with van der Waals surface area (Å²) in [5, 5.41) is 1.13. The van der Waals surface area contributed by atoms with Crippen molar-refractivity contribution in [1.82, 2.24) is 9.88 Å². The first kappa shape index (κ1) is 18.1. The Balaban J connectivity index is 1.56. The summed E-state index contributed by atoms with van der Waals surface area (Å²) in [6.45, 7) is 0.537. The number of ether oxygens (including phenoxy) is 1. The van der Waals surface area contributed by atoms with Gasteiger partial charge in [-0.05, 0) is 43.2 Å². The molecule has 1 fully saturated rings. The van der Waals surface area contributed by atoms with E-state index in [0.29, 0.717) is 42.2 Å². The summed E-state index contributed by atoms with van der Waals surface area (Å²) < 4.78 is 5.12. The SMILES string of the molecule is NC(=O)C1CCN(C(=O)COC(=O)c2ccc3nc(Cl)ccc3c2)CC1. The number of likely N-dealkylation sites (tertiary alicyclic amines) is 1. The fraction of sp³-hybridized carbons (Fsp3) is 0.333. The van der Waals surface area contributed by atoms with E-state index in [1.807, 2.05) is 0 Å². The monoisotopic (exact) mass is 375 g/mol. The number of carbonyl (C=O) groups is 3. The van der Waals surface area contributed by atoms with Gasteiger partial charge in [-0.25, -0.2) is 9.78 Å². The lowest BCUT2D eigenvalue weighted by Gasteiger charge is -2.30. The number of nitrogens with zero attached hydrogens (tertiary/aromatic N) is 2. The van der Waals surface area contributed by atoms with E-state index in [1.54, 1.807) is 35.2 Å². The molecule has 3 rings (SSSR count). The predicted octanol–water partition coefficient (Wildman–Crippen LogP) is 1.77. The first-order valence-electron chi connectivity index (χ1n) is 8.24. The van der Waals surface area contributed by atoms with Gasteiger partial charge in [0.15, 0.2) is 6.61 Å². The second kappa shape index (κ2) is 7.70. The van der Waals surface area contributed by atoms with E-state index in [2.05, 4.69) is 4.98 Å². The van der Waals surface area contributed by atoms with Crippen LogP contribution in [0, 0.1) is 5.92 Å². The van der Waals surface area contributed by atoms with Crippen molar-refractivity contribution in [2.45, 2.75) is 12.8 Å². The number of hydrogen-bond donors (Lipinski definition) is 1. The van der Waals surface area contributed by atoms with Crippen LogP contribution >= 0.6 is 11.6 Å². The Labute approximate surface area is 155 Å². The zero-order valence-corrected chi connectivity index (χ0v) is 14.7. The maximum absolute atomic E-state index is 12.2. The van der Waals surface area contributed by atoms with Crippen LogP contribution in [0.15, 0.2) is 30.3 Å². The predicted molar refractivity (Wildman–Crippen MR) is 95.5 cm³/mol. The van der Waals surface area contributed by atoms with Crippen LogP contribution in [0.25, 0.3) is 10.9 Å². The van der Waals surface area contributed by atoms with Gasteiger partial charge in [0.05, 0.1) is 11.1 Å². The molecular formula is C18H18ClN3O4. The third kappa shape index (κ3) is 4.11. The van der Waals surface area contributed by atoms with Crippen LogP contribution in [0.5, 0.6) is 0 Å². The number of piperidine rings is 1. The second-order valence-electron chi connectivity index (χ2n) is 6.18. The summed E-state index contributed by atoms with van der Waals surface area (Å²) in [7, 11) is 0. The minimum Gasteiger partial charge on any atom is -0.452 e. The maximum Gasteiger partial charge on any atom is 0.338 e. The van der Waals surface area contributed by atoms with Gasteiger partial charge >= 0.3 is 5.97 Å². The average molecular weight is 376 g/mol. The van der Waals surface area contributed by atoms with Crippen molar-refractivity contribution in [1.29, 1.82) is 0 Å². The van der Waals surface area contributed by atoms with Gasteiger partial charge in [0.25, 0.3) is 5.91 Å². The number of halogens is 1. The molecule has 1 aliphatic heterocycles. The summed E-state index contributed by atoms with van der Waals surface area (Å²) >= 11 is 5.84. The van der Waals surface area contributed by atoms with E-state index < -0.39 is 5.97 Å². The summed E-state index contributed by atoms with van der Waals surface area (Å²) in [5.74, 6) is -1.39. The zero-order valence-electron chi connectivity index (χ0n) is 14.0. The molecule has 0 radical (unpaired) electrons. The van der Waals surface area contributed by atoms with Gasteiger partial charge in [-0.2, -0.15) is 0 Å². The van der Waals surface area contributed by atoms with Crippen molar-refractivity contribution in [2.24, 2.45) is 11.7 Å². The van der Waals surface area contributed by atoms with Crippen molar-refractivity contribution >= 4 is 40.3 Å². The number of benzene rings is 1. The van der Waals surface area contributed by atoms with E-state index in [0.717, 1.165) is 5.39 Å². The number of nitrogens with two attached hydrogens (primary N) is 1. The van der Waals surface area contributed by atoms with Crippen molar-refractivity contribution in [3.8, 4) is 0 Å². The Morgan fingerprint density at radius 3 is 2.62 bits per heavy atom. The molecule has 8 heteroatoms. The van der Waals surface area contributed by atoms with E-state index in [1.165, 1.54) is 0 Å². The van der Waals surface area contributed by atoms with Gasteiger partial charge in [-0.1, -0.05) is 11.6 Å². The second-order valence-corrected chi connectivity index (χ2v) is 6.56. The smallest absolute Gasteiger partial charge is 0.338 e. The Hall–Kier alpha value is -2.67. The van der Waals surface area contributed by atoms with Crippen molar-refractivity contribution in [3.05, 3.63) is 41.0 Å². The number of fused-ring (bicyclic) bond motifs is 1. The highest BCUT2D eigenvalue weighted by atomic mass is 35.5. The lowest BCUT2D eigenvalue weighted by molar-refractivity contribution is -0.137. The third-order valence-electron chi connectivity index (χ3n) is 4.47. The number of primary amides is 1. The van der Waals surface area contributed by atoms with Crippen LogP contribution in [0.2, 0.25) is 5.15 Å². The summed E-state index contributed by atoms with van der Waals surface area (Å²) in [6.07, 6.45) is 1.07. The molecule has 136 valence electrons. The minimum atomic E-state index is -0.581. The Kier molecular flexibility index (Phi) is 5.37. The molecule has 26 heavy (non-hydrogen) atoms. The quantitative estimate of drug-likeness (QED) is 0.648. The molecular weight excluding hydrogens is 358 g/mol. The Morgan fingerprint density at radius 1 is 1.19 bits per heavy atom. The molecule has 2 amide bonds. The van der Waals surface area contributed by atoms with E-state index in [9.17, 15) is 14.4 Å². The molecule has 1 aliphatic rings. The Morgan fingerprint density at radius 2 is 1.92 bits per heavy atom. The largest absolute Gasteiger partial charge is 0.452 e. The molecule has 2 N–H and O–H groups in total. The van der Waals surface area contributed by atoms with Crippen LogP contribution in [0.4, 0.5) is 0 Å². The first-order valence-corrected chi connectivity index (χ1v) is 8.62. The number of aromatic nitrogens is 1. The van der Waals surface area contributed by atoms with Gasteiger partial charge in [-0.15, -0.1) is 0 Å². The van der Waals surface area contributed by atoms with Crippen LogP contribution < -0.4 is 5.73 Å². The zero-order chi connectivity index (χ0) is 18.7. The molecule has 0 spiro atoms. The molecule has 0 aliphatic carbocycles. The highest BCUT2D eigenvalue weighted by Gasteiger charge is 2.26. The van der Waals surface area contributed by atoms with Crippen molar-refractivity contribution in [2.75, 3.05) is 19.7 Å². The van der Waals surface area contributed by atoms with E-state index in [-0.39, 0.29) is 24.3 Å². The van der Waals surface area contributed by atoms with Crippen LogP contribution in [-0.2, 0) is 14.3 Å². The fourth-order valence-corrected chi connectivity index (χ4v) is 3.10. The first-order chi connectivity index (χ1) is 12.4. The molecule has 1 aromatic heterocycles. The Bertz CT molecular complexity index is 863. The standard InChI is InChI=1S/C18H18ClN3O4/c19-15-4-2-12-9-13(1-3-14(12)21-15)18(25)26-10-16(23)22-7-5-11(6-8-22)17(20)24/h1-4,9,11H,5-8,10H2,(H2,20,24). The normalized spacial score (nSPS) is 15.0. The summed E-state index contributed by atoms with van der Waals surface area (Å²) in [6, 6.07) is 8.29. The van der Waals surface area contributed by atoms with Crippen molar-refractivity contribution < 1.29 is 19.1 Å². The highest BCUT2D eigenvalue weighted by Crippen LogP contribution is 2.19. The fourth-order valence-electron chi connectivity index (χ4n) is 2.94. The highest BCUT2D eigenvalue weighted by molar-refractivity contribution is 6.29. The molecule has 1 saturated heterocycles. The van der Waals surface area contributed by atoms with Gasteiger partial charge in [0.1, 0.15) is 5.15 Å². The number of amides is 2. The topological polar surface area (TPSA) is 103 Å². The van der Waals surface area contributed by atoms with Crippen LogP contribution in [-0.4, -0.2) is 47.4 Å². The molecule has 2 heterocycles. The molecule has 1 aromatic carbocycles. The molecule has 2 aromatic rings. The number of pyridine rings is 1. The molecule has 0 bridgehead atoms. The lowest BCUT2D eigenvalue weighted by Crippen LogP contribution is -2.43. The van der Waals surface area contributed by atoms with Gasteiger partial charge in [0.2, 0.25) is 5.91 Å². The maximum atomic E-state index is 12.2. The molecule has 0 unspecified atom stereocenters. The van der Waals surface area contributed by atoms with Gasteiger partial charge in [0, 0.05) is 24.4 Å². The van der Waals surface area contributed by atoms with E-state index >= 15 is 0 Å². The minimum absolute atomic E-state index is 0.193. The number of rotatable bonds is 4. The van der Waals surface area contributed by atoms with Crippen molar-refractivity contribution in [3.63, 3.8) is 0 Å². The number of esters is 1. The van der Waals surface area contributed by atoms with E-state index in [4.69, 9.17) is 22.1 Å². The summed E-state index contributed by atoms with van der Waals surface area (Å²) in [5.41, 5.74) is 6.28. The average Bonchev–Trinajstić information content (AvgIpc) is 2.65. The van der Waals surface area contributed by atoms with Crippen LogP contribution in [0.3, 0.4) is 0 Å². The summed E-state index contributed by atoms with van der Waals surface area (Å²) in [4.78, 5) is 41.2. The van der Waals surface area contributed by atoms with Crippen LogP contribution in [0.1, 0.15) is 23.2 Å². The molecule has 0 atom stereocenters. The molecule has 7 nitrogen and oxygen atoms in total. The number of hydrogen-bond acceptors (Lipinski definition) is 5.